The highest BCUT2D eigenvalue weighted by atomic mass is 16.5. The highest BCUT2D eigenvalue weighted by molar-refractivity contribution is 5.77. The van der Waals surface area contributed by atoms with Crippen LogP contribution in [0.25, 0.3) is 16.9 Å². The van der Waals surface area contributed by atoms with Crippen LogP contribution in [0, 0.1) is 6.92 Å². The quantitative estimate of drug-likeness (QED) is 0.628. The van der Waals surface area contributed by atoms with Crippen LogP contribution in [-0.2, 0) is 22.4 Å². The zero-order chi connectivity index (χ0) is 17.8. The zero-order valence-electron chi connectivity index (χ0n) is 15.1. The second-order valence-corrected chi connectivity index (χ2v) is 6.23. The first kappa shape index (κ1) is 17.2. The van der Waals surface area contributed by atoms with E-state index in [9.17, 15) is 4.79 Å². The largest absolute Gasteiger partial charge is 0.465 e. The van der Waals surface area contributed by atoms with Gasteiger partial charge in [-0.3, -0.25) is 4.79 Å². The summed E-state index contributed by atoms with van der Waals surface area (Å²) in [6.07, 6.45) is 4.08. The monoisotopic (exact) mass is 336 g/mol. The van der Waals surface area contributed by atoms with Crippen LogP contribution < -0.4 is 0 Å². The van der Waals surface area contributed by atoms with Gasteiger partial charge < -0.3 is 9.14 Å². The van der Waals surface area contributed by atoms with E-state index < -0.39 is 0 Å². The SMILES string of the molecule is CCCOC(=O)Cc1c(-c2ccccc2)nc2cc(CC)c(C)cn12. The molecular formula is C21H24N2O2. The summed E-state index contributed by atoms with van der Waals surface area (Å²) in [6.45, 7) is 6.68. The highest BCUT2D eigenvalue weighted by Gasteiger charge is 2.18. The van der Waals surface area contributed by atoms with Crippen molar-refractivity contribution in [2.75, 3.05) is 6.61 Å². The van der Waals surface area contributed by atoms with Crippen LogP contribution in [0.4, 0.5) is 0 Å². The molecule has 0 fully saturated rings. The van der Waals surface area contributed by atoms with Crippen LogP contribution >= 0.6 is 0 Å². The van der Waals surface area contributed by atoms with E-state index in [0.717, 1.165) is 35.4 Å². The van der Waals surface area contributed by atoms with E-state index in [0.29, 0.717) is 6.61 Å². The number of esters is 1. The predicted molar refractivity (Wildman–Crippen MR) is 99.7 cm³/mol. The zero-order valence-corrected chi connectivity index (χ0v) is 15.1. The molecule has 0 radical (unpaired) electrons. The third-order valence-electron chi connectivity index (χ3n) is 4.38. The molecular weight excluding hydrogens is 312 g/mol. The first-order chi connectivity index (χ1) is 12.1. The van der Waals surface area contributed by atoms with Crippen LogP contribution in [0.1, 0.15) is 37.1 Å². The Balaban J connectivity index is 2.12. The van der Waals surface area contributed by atoms with Crippen molar-refractivity contribution in [1.29, 1.82) is 0 Å². The van der Waals surface area contributed by atoms with E-state index in [2.05, 4.69) is 26.1 Å². The Morgan fingerprint density at radius 1 is 1.20 bits per heavy atom. The van der Waals surface area contributed by atoms with Gasteiger partial charge >= 0.3 is 5.97 Å². The van der Waals surface area contributed by atoms with Gasteiger partial charge in [0.2, 0.25) is 0 Å². The number of hydrogen-bond donors (Lipinski definition) is 0. The number of nitrogens with zero attached hydrogens (tertiary/aromatic N) is 2. The first-order valence-corrected chi connectivity index (χ1v) is 8.85. The number of rotatable bonds is 6. The molecule has 3 aromatic rings. The summed E-state index contributed by atoms with van der Waals surface area (Å²) in [6, 6.07) is 12.1. The van der Waals surface area contributed by atoms with Gasteiger partial charge in [0.15, 0.2) is 0 Å². The molecule has 0 bridgehead atoms. The van der Waals surface area contributed by atoms with Gasteiger partial charge in [0, 0.05) is 11.8 Å². The van der Waals surface area contributed by atoms with Crippen molar-refractivity contribution in [3.05, 3.63) is 59.4 Å². The van der Waals surface area contributed by atoms with Crippen LogP contribution in [0.15, 0.2) is 42.6 Å². The van der Waals surface area contributed by atoms with Crippen molar-refractivity contribution >= 4 is 11.6 Å². The molecule has 3 rings (SSSR count). The maximum Gasteiger partial charge on any atom is 0.311 e. The van der Waals surface area contributed by atoms with E-state index in [-0.39, 0.29) is 12.4 Å². The summed E-state index contributed by atoms with van der Waals surface area (Å²) < 4.78 is 7.33. The number of carbonyl (C=O) groups is 1. The van der Waals surface area contributed by atoms with Crippen LogP contribution in [0.5, 0.6) is 0 Å². The van der Waals surface area contributed by atoms with Crippen molar-refractivity contribution in [1.82, 2.24) is 9.38 Å². The van der Waals surface area contributed by atoms with Gasteiger partial charge in [0.1, 0.15) is 5.65 Å². The number of benzene rings is 1. The molecule has 2 heterocycles. The van der Waals surface area contributed by atoms with Gasteiger partial charge in [0.05, 0.1) is 24.4 Å². The van der Waals surface area contributed by atoms with Crippen molar-refractivity contribution in [3.8, 4) is 11.3 Å². The molecule has 4 nitrogen and oxygen atoms in total. The summed E-state index contributed by atoms with van der Waals surface area (Å²) in [4.78, 5) is 17.1. The Kier molecular flexibility index (Phi) is 5.17. The summed E-state index contributed by atoms with van der Waals surface area (Å²) in [5.74, 6) is -0.210. The third kappa shape index (κ3) is 3.58. The molecule has 0 aliphatic rings. The Hall–Kier alpha value is -2.62. The second-order valence-electron chi connectivity index (χ2n) is 6.23. The molecule has 2 aromatic heterocycles. The Morgan fingerprint density at radius 2 is 1.96 bits per heavy atom. The fourth-order valence-corrected chi connectivity index (χ4v) is 3.06. The molecule has 130 valence electrons. The minimum absolute atomic E-state index is 0.210. The number of pyridine rings is 1. The van der Waals surface area contributed by atoms with E-state index >= 15 is 0 Å². The maximum atomic E-state index is 12.2. The Morgan fingerprint density at radius 3 is 2.64 bits per heavy atom. The normalized spacial score (nSPS) is 11.0. The highest BCUT2D eigenvalue weighted by Crippen LogP contribution is 2.26. The van der Waals surface area contributed by atoms with Gasteiger partial charge in [-0.2, -0.15) is 0 Å². The molecule has 1 aromatic carbocycles. The number of hydrogen-bond acceptors (Lipinski definition) is 3. The van der Waals surface area contributed by atoms with Crippen molar-refractivity contribution in [2.45, 2.75) is 40.0 Å². The van der Waals surface area contributed by atoms with E-state index in [1.54, 1.807) is 0 Å². The summed E-state index contributed by atoms with van der Waals surface area (Å²) >= 11 is 0. The molecule has 0 saturated carbocycles. The van der Waals surface area contributed by atoms with Gasteiger partial charge in [0.25, 0.3) is 0 Å². The van der Waals surface area contributed by atoms with Crippen molar-refractivity contribution in [3.63, 3.8) is 0 Å². The van der Waals surface area contributed by atoms with Gasteiger partial charge in [-0.05, 0) is 37.0 Å². The fraction of sp³-hybridized carbons (Fsp3) is 0.333. The molecule has 0 aliphatic heterocycles. The summed E-state index contributed by atoms with van der Waals surface area (Å²) in [5, 5.41) is 0. The second kappa shape index (κ2) is 7.51. The molecule has 0 N–H and O–H groups in total. The fourth-order valence-electron chi connectivity index (χ4n) is 3.06. The minimum atomic E-state index is -0.210. The predicted octanol–water partition coefficient (Wildman–Crippen LogP) is 4.37. The third-order valence-corrected chi connectivity index (χ3v) is 4.38. The van der Waals surface area contributed by atoms with Crippen LogP contribution in [-0.4, -0.2) is 22.0 Å². The van der Waals surface area contributed by atoms with Crippen LogP contribution in [0.3, 0.4) is 0 Å². The lowest BCUT2D eigenvalue weighted by Crippen LogP contribution is -2.11. The number of carbonyl (C=O) groups excluding carboxylic acids is 1. The number of imidazole rings is 1. The van der Waals surface area contributed by atoms with Gasteiger partial charge in [-0.25, -0.2) is 4.98 Å². The smallest absolute Gasteiger partial charge is 0.311 e. The maximum absolute atomic E-state index is 12.2. The van der Waals surface area contributed by atoms with Crippen molar-refractivity contribution in [2.24, 2.45) is 0 Å². The van der Waals surface area contributed by atoms with Crippen molar-refractivity contribution < 1.29 is 9.53 Å². The average molecular weight is 336 g/mol. The summed E-state index contributed by atoms with van der Waals surface area (Å²) in [7, 11) is 0. The lowest BCUT2D eigenvalue weighted by molar-refractivity contribution is -0.142. The lowest BCUT2D eigenvalue weighted by Gasteiger charge is -2.08. The number of aryl methyl sites for hydroxylation is 2. The molecule has 4 heteroatoms. The Labute approximate surface area is 148 Å². The molecule has 0 atom stereocenters. The molecule has 0 unspecified atom stereocenters. The topological polar surface area (TPSA) is 43.6 Å². The molecule has 0 spiro atoms. The summed E-state index contributed by atoms with van der Waals surface area (Å²) in [5.41, 5.74) is 6.10. The average Bonchev–Trinajstić information content (AvgIpc) is 2.97. The molecule has 0 aliphatic carbocycles. The van der Waals surface area contributed by atoms with Gasteiger partial charge in [-0.15, -0.1) is 0 Å². The first-order valence-electron chi connectivity index (χ1n) is 8.85. The number of fused-ring (bicyclic) bond motifs is 1. The lowest BCUT2D eigenvalue weighted by atomic mass is 10.1. The minimum Gasteiger partial charge on any atom is -0.465 e. The Bertz CT molecular complexity index is 882. The molecule has 0 amide bonds. The van der Waals surface area contributed by atoms with E-state index in [1.807, 2.05) is 41.7 Å². The molecule has 0 saturated heterocycles. The van der Waals surface area contributed by atoms with E-state index in [4.69, 9.17) is 9.72 Å². The number of ether oxygens (including phenoxy) is 1. The number of aromatic nitrogens is 2. The van der Waals surface area contributed by atoms with E-state index in [1.165, 1.54) is 11.1 Å². The molecule has 25 heavy (non-hydrogen) atoms. The van der Waals surface area contributed by atoms with Gasteiger partial charge in [-0.1, -0.05) is 44.2 Å². The standard InChI is InChI=1S/C21H24N2O2/c1-4-11-25-20(24)13-18-21(17-9-7-6-8-10-17)22-19-12-16(5-2)15(3)14-23(18)19/h6-10,12,14H,4-5,11,13H2,1-3H3. The van der Waals surface area contributed by atoms with Crippen LogP contribution in [0.2, 0.25) is 0 Å².